The molecule has 2 aromatic rings. The van der Waals surface area contributed by atoms with E-state index < -0.39 is 17.6 Å². The topological polar surface area (TPSA) is 56.0 Å². The van der Waals surface area contributed by atoms with Crippen molar-refractivity contribution in [1.82, 2.24) is 10.1 Å². The molecule has 112 valence electrons. The van der Waals surface area contributed by atoms with Crippen molar-refractivity contribution in [2.24, 2.45) is 5.92 Å². The number of Topliss-reactive ketones (excluding diaryl/α,β-unsaturated/α-hetero) is 1. The van der Waals surface area contributed by atoms with Crippen LogP contribution in [0, 0.1) is 17.6 Å². The summed E-state index contributed by atoms with van der Waals surface area (Å²) in [6.07, 6.45) is 0. The monoisotopic (exact) mass is 358 g/mol. The summed E-state index contributed by atoms with van der Waals surface area (Å²) in [5.41, 5.74) is 0.259. The van der Waals surface area contributed by atoms with E-state index in [4.69, 9.17) is 4.52 Å². The van der Waals surface area contributed by atoms with Gasteiger partial charge in [0.25, 0.3) is 0 Å². The van der Waals surface area contributed by atoms with E-state index in [9.17, 15) is 13.6 Å². The Labute approximate surface area is 128 Å². The molecule has 0 amide bonds. The lowest BCUT2D eigenvalue weighted by Crippen LogP contribution is -2.15. The van der Waals surface area contributed by atoms with Crippen LogP contribution in [0.25, 0.3) is 11.4 Å². The lowest BCUT2D eigenvalue weighted by molar-refractivity contribution is -0.119. The summed E-state index contributed by atoms with van der Waals surface area (Å²) in [6, 6.07) is 2.33. The van der Waals surface area contributed by atoms with Crippen LogP contribution in [0.2, 0.25) is 0 Å². The minimum Gasteiger partial charge on any atom is -0.338 e. The van der Waals surface area contributed by atoms with E-state index in [1.54, 1.807) is 0 Å². The van der Waals surface area contributed by atoms with E-state index in [0.717, 1.165) is 6.07 Å². The van der Waals surface area contributed by atoms with Gasteiger partial charge in [0.2, 0.25) is 11.7 Å². The van der Waals surface area contributed by atoms with Gasteiger partial charge >= 0.3 is 0 Å². The molecule has 1 heterocycles. The van der Waals surface area contributed by atoms with E-state index in [-0.39, 0.29) is 33.5 Å². The van der Waals surface area contributed by atoms with Crippen molar-refractivity contribution in [1.29, 1.82) is 0 Å². The van der Waals surface area contributed by atoms with Crippen LogP contribution in [0.15, 0.2) is 21.1 Å². The highest BCUT2D eigenvalue weighted by Crippen LogP contribution is 2.32. The molecule has 0 N–H and O–H groups in total. The van der Waals surface area contributed by atoms with Gasteiger partial charge in [-0.15, -0.1) is 0 Å². The lowest BCUT2D eigenvalue weighted by atomic mass is 9.92. The molecule has 4 nitrogen and oxygen atoms in total. The van der Waals surface area contributed by atoms with Crippen LogP contribution in [0.1, 0.15) is 32.6 Å². The summed E-state index contributed by atoms with van der Waals surface area (Å²) >= 11 is 2.97. The highest BCUT2D eigenvalue weighted by Gasteiger charge is 2.27. The van der Waals surface area contributed by atoms with Gasteiger partial charge in [0, 0.05) is 5.56 Å². The van der Waals surface area contributed by atoms with Crippen LogP contribution in [0.5, 0.6) is 0 Å². The molecule has 0 bridgehead atoms. The van der Waals surface area contributed by atoms with E-state index in [1.165, 1.54) is 13.0 Å². The fourth-order valence-corrected chi connectivity index (χ4v) is 2.60. The Morgan fingerprint density at radius 3 is 2.57 bits per heavy atom. The number of hydrogen-bond donors (Lipinski definition) is 0. The second-order valence-corrected chi connectivity index (χ2v) is 5.80. The Bertz CT molecular complexity index is 686. The van der Waals surface area contributed by atoms with Gasteiger partial charge in [-0.05, 0) is 40.9 Å². The second-order valence-electron chi connectivity index (χ2n) is 5.01. The normalized spacial score (nSPS) is 12.7. The third kappa shape index (κ3) is 3.02. The zero-order chi connectivity index (χ0) is 15.7. The largest absolute Gasteiger partial charge is 0.338 e. The molecule has 0 aliphatic heterocycles. The summed E-state index contributed by atoms with van der Waals surface area (Å²) in [5, 5.41) is 3.75. The van der Waals surface area contributed by atoms with Crippen LogP contribution < -0.4 is 0 Å². The van der Waals surface area contributed by atoms with E-state index in [0.29, 0.717) is 0 Å². The Morgan fingerprint density at radius 2 is 2.00 bits per heavy atom. The number of nitrogens with zero attached hydrogens (tertiary/aromatic N) is 2. The van der Waals surface area contributed by atoms with Crippen molar-refractivity contribution in [2.75, 3.05) is 0 Å². The third-order valence-corrected chi connectivity index (χ3v) is 3.86. The smallest absolute Gasteiger partial charge is 0.237 e. The van der Waals surface area contributed by atoms with Gasteiger partial charge in [-0.1, -0.05) is 19.0 Å². The SMILES string of the molecule is CC(=O)C(c1nc(-c2ccc(F)c(F)c2Br)no1)C(C)C. The minimum absolute atomic E-state index is 0.0100. The lowest BCUT2D eigenvalue weighted by Gasteiger charge is -2.12. The molecule has 1 aromatic heterocycles. The van der Waals surface area contributed by atoms with E-state index >= 15 is 0 Å². The summed E-state index contributed by atoms with van der Waals surface area (Å²) in [5.74, 6) is -2.35. The Morgan fingerprint density at radius 1 is 1.33 bits per heavy atom. The molecule has 0 radical (unpaired) electrons. The second kappa shape index (κ2) is 6.01. The van der Waals surface area contributed by atoms with Crippen molar-refractivity contribution in [3.8, 4) is 11.4 Å². The molecule has 0 aliphatic carbocycles. The number of ketones is 1. The first-order valence-electron chi connectivity index (χ1n) is 6.30. The van der Waals surface area contributed by atoms with Gasteiger partial charge in [0.1, 0.15) is 5.78 Å². The quantitative estimate of drug-likeness (QED) is 0.771. The van der Waals surface area contributed by atoms with Crippen molar-refractivity contribution in [3.05, 3.63) is 34.1 Å². The van der Waals surface area contributed by atoms with Crippen LogP contribution in [0.4, 0.5) is 8.78 Å². The maximum absolute atomic E-state index is 13.5. The van der Waals surface area contributed by atoms with Crippen molar-refractivity contribution in [2.45, 2.75) is 26.7 Å². The highest BCUT2D eigenvalue weighted by molar-refractivity contribution is 9.10. The summed E-state index contributed by atoms with van der Waals surface area (Å²) < 4.78 is 31.7. The molecule has 1 unspecified atom stereocenters. The molecule has 0 spiro atoms. The first-order valence-corrected chi connectivity index (χ1v) is 7.10. The Hall–Kier alpha value is -1.63. The number of aromatic nitrogens is 2. The maximum atomic E-state index is 13.5. The van der Waals surface area contributed by atoms with E-state index in [1.807, 2.05) is 13.8 Å². The maximum Gasteiger partial charge on any atom is 0.237 e. The van der Waals surface area contributed by atoms with Crippen LogP contribution in [-0.2, 0) is 4.79 Å². The zero-order valence-electron chi connectivity index (χ0n) is 11.7. The third-order valence-electron chi connectivity index (χ3n) is 3.09. The van der Waals surface area contributed by atoms with Gasteiger partial charge in [-0.3, -0.25) is 4.79 Å². The van der Waals surface area contributed by atoms with Crippen molar-refractivity contribution < 1.29 is 18.1 Å². The number of benzene rings is 1. The van der Waals surface area contributed by atoms with Crippen molar-refractivity contribution >= 4 is 21.7 Å². The molecule has 7 heteroatoms. The minimum atomic E-state index is -1.02. The van der Waals surface area contributed by atoms with Crippen LogP contribution in [0.3, 0.4) is 0 Å². The molecule has 1 aromatic carbocycles. The molecule has 2 rings (SSSR count). The predicted molar refractivity (Wildman–Crippen MR) is 75.6 cm³/mol. The average Bonchev–Trinajstić information content (AvgIpc) is 2.84. The van der Waals surface area contributed by atoms with Crippen molar-refractivity contribution in [3.63, 3.8) is 0 Å². The fourth-order valence-electron chi connectivity index (χ4n) is 2.10. The zero-order valence-corrected chi connectivity index (χ0v) is 13.2. The molecule has 1 atom stereocenters. The first-order chi connectivity index (χ1) is 9.82. The average molecular weight is 359 g/mol. The molecular formula is C14H13BrF2N2O2. The molecule has 0 fully saturated rings. The van der Waals surface area contributed by atoms with E-state index in [2.05, 4.69) is 26.1 Å². The van der Waals surface area contributed by atoms with Crippen LogP contribution in [-0.4, -0.2) is 15.9 Å². The van der Waals surface area contributed by atoms with Gasteiger partial charge in [0.15, 0.2) is 11.6 Å². The highest BCUT2D eigenvalue weighted by atomic mass is 79.9. The predicted octanol–water partition coefficient (Wildman–Crippen LogP) is 4.11. The number of hydrogen-bond acceptors (Lipinski definition) is 4. The fraction of sp³-hybridized carbons (Fsp3) is 0.357. The Balaban J connectivity index is 2.45. The number of rotatable bonds is 4. The standard InChI is InChI=1S/C14H13BrF2N2O2/c1-6(2)10(7(3)20)14-18-13(19-21-14)8-4-5-9(16)12(17)11(8)15/h4-6,10H,1-3H3. The Kier molecular flexibility index (Phi) is 4.51. The van der Waals surface area contributed by atoms with Gasteiger partial charge in [-0.2, -0.15) is 4.98 Å². The number of halogens is 3. The molecule has 0 saturated heterocycles. The molecular weight excluding hydrogens is 346 g/mol. The van der Waals surface area contributed by atoms with Gasteiger partial charge < -0.3 is 4.52 Å². The summed E-state index contributed by atoms with van der Waals surface area (Å²) in [7, 11) is 0. The molecule has 0 saturated carbocycles. The summed E-state index contributed by atoms with van der Waals surface area (Å²) in [4.78, 5) is 15.8. The van der Waals surface area contributed by atoms with Gasteiger partial charge in [-0.25, -0.2) is 8.78 Å². The van der Waals surface area contributed by atoms with Gasteiger partial charge in [0.05, 0.1) is 10.4 Å². The molecule has 0 aliphatic rings. The first kappa shape index (κ1) is 15.8. The number of carbonyl (C=O) groups is 1. The molecule has 21 heavy (non-hydrogen) atoms. The number of carbonyl (C=O) groups excluding carboxylic acids is 1. The summed E-state index contributed by atoms with van der Waals surface area (Å²) in [6.45, 7) is 5.18. The van der Waals surface area contributed by atoms with Crippen LogP contribution >= 0.6 is 15.9 Å².